The third kappa shape index (κ3) is 3.40. The van der Waals surface area contributed by atoms with Crippen LogP contribution in [0.1, 0.15) is 18.5 Å². The van der Waals surface area contributed by atoms with Crippen molar-refractivity contribution in [2.75, 3.05) is 5.32 Å². The van der Waals surface area contributed by atoms with Gasteiger partial charge in [-0.3, -0.25) is 0 Å². The lowest BCUT2D eigenvalue weighted by Crippen LogP contribution is -2.08. The van der Waals surface area contributed by atoms with Gasteiger partial charge < -0.3 is 5.32 Å². The van der Waals surface area contributed by atoms with Crippen molar-refractivity contribution in [3.8, 4) is 0 Å². The van der Waals surface area contributed by atoms with Crippen LogP contribution in [0.15, 0.2) is 22.7 Å². The highest BCUT2D eigenvalue weighted by molar-refractivity contribution is 9.10. The first kappa shape index (κ1) is 15.0. The van der Waals surface area contributed by atoms with Crippen LogP contribution >= 0.6 is 50.5 Å². The summed E-state index contributed by atoms with van der Waals surface area (Å²) in [6.45, 7) is 1.80. The number of hydrogen-bond donors (Lipinski definition) is 1. The molecule has 1 heterocycles. The molecule has 0 saturated carbocycles. The lowest BCUT2D eigenvalue weighted by molar-refractivity contribution is 0.595. The molecule has 0 aliphatic heterocycles. The second-order valence-corrected chi connectivity index (χ2v) is 7.03. The lowest BCUT2D eigenvalue weighted by Gasteiger charge is -2.15. The normalized spacial score (nSPS) is 12.5. The minimum absolute atomic E-state index is 0.0755. The van der Waals surface area contributed by atoms with Crippen LogP contribution in [0.2, 0.25) is 8.67 Å². The molecule has 102 valence electrons. The van der Waals surface area contributed by atoms with Crippen molar-refractivity contribution in [2.45, 2.75) is 13.0 Å². The van der Waals surface area contributed by atoms with E-state index in [0.717, 1.165) is 17.7 Å². The van der Waals surface area contributed by atoms with Gasteiger partial charge in [-0.15, -0.1) is 11.3 Å². The van der Waals surface area contributed by atoms with Crippen LogP contribution in [0, 0.1) is 11.6 Å². The highest BCUT2D eigenvalue weighted by atomic mass is 79.9. The number of rotatable bonds is 3. The van der Waals surface area contributed by atoms with E-state index in [1.807, 2.05) is 0 Å². The maximum Gasteiger partial charge on any atom is 0.147 e. The minimum atomic E-state index is -0.544. The Hall–Kier alpha value is -0.360. The maximum absolute atomic E-state index is 13.7. The Morgan fingerprint density at radius 3 is 2.47 bits per heavy atom. The average Bonchev–Trinajstić information content (AvgIpc) is 2.65. The van der Waals surface area contributed by atoms with E-state index in [-0.39, 0.29) is 16.2 Å². The zero-order valence-electron chi connectivity index (χ0n) is 9.61. The van der Waals surface area contributed by atoms with Crippen LogP contribution in [-0.4, -0.2) is 0 Å². The van der Waals surface area contributed by atoms with E-state index in [4.69, 9.17) is 23.2 Å². The molecule has 1 aromatic heterocycles. The van der Waals surface area contributed by atoms with Gasteiger partial charge in [-0.25, -0.2) is 8.78 Å². The van der Waals surface area contributed by atoms with Crippen molar-refractivity contribution in [2.24, 2.45) is 0 Å². The van der Waals surface area contributed by atoms with Crippen LogP contribution in [0.25, 0.3) is 0 Å². The largest absolute Gasteiger partial charge is 0.376 e. The van der Waals surface area contributed by atoms with Crippen LogP contribution in [0.5, 0.6) is 0 Å². The highest BCUT2D eigenvalue weighted by Crippen LogP contribution is 2.36. The van der Waals surface area contributed by atoms with Gasteiger partial charge >= 0.3 is 0 Å². The van der Waals surface area contributed by atoms with Crippen molar-refractivity contribution < 1.29 is 8.78 Å². The van der Waals surface area contributed by atoms with Gasteiger partial charge in [0.2, 0.25) is 0 Å². The summed E-state index contributed by atoms with van der Waals surface area (Å²) in [5.74, 6) is -1.08. The molecular formula is C12H8BrCl2F2NS. The van der Waals surface area contributed by atoms with Gasteiger partial charge in [-0.2, -0.15) is 0 Å². The number of hydrogen-bond acceptors (Lipinski definition) is 2. The lowest BCUT2D eigenvalue weighted by atomic mass is 10.1. The topological polar surface area (TPSA) is 12.0 Å². The van der Waals surface area contributed by atoms with E-state index in [9.17, 15) is 8.78 Å². The van der Waals surface area contributed by atoms with Crippen LogP contribution in [0.3, 0.4) is 0 Å². The number of benzene rings is 1. The fourth-order valence-corrected chi connectivity index (χ4v) is 3.55. The molecule has 19 heavy (non-hydrogen) atoms. The van der Waals surface area contributed by atoms with Gasteiger partial charge in [0.05, 0.1) is 24.9 Å². The fraction of sp³-hybridized carbons (Fsp3) is 0.167. The molecule has 0 bridgehead atoms. The average molecular weight is 387 g/mol. The Bertz CT molecular complexity index is 618. The van der Waals surface area contributed by atoms with E-state index >= 15 is 0 Å². The molecule has 0 aliphatic carbocycles. The van der Waals surface area contributed by atoms with Gasteiger partial charge in [0, 0.05) is 11.6 Å². The van der Waals surface area contributed by atoms with E-state index in [1.54, 1.807) is 13.0 Å². The minimum Gasteiger partial charge on any atom is -0.376 e. The molecule has 0 aliphatic rings. The molecule has 0 amide bonds. The standard InChI is InChI=1S/C12H8BrCl2F2NS/c1-5(6-2-11(14)19-12(6)15)18-10-4-8(16)7(13)3-9(10)17/h2-5,18H,1H3. The van der Waals surface area contributed by atoms with Crippen molar-refractivity contribution in [3.05, 3.63) is 48.5 Å². The molecule has 0 spiro atoms. The number of nitrogens with one attached hydrogen (secondary N) is 1. The zero-order valence-corrected chi connectivity index (χ0v) is 13.5. The first-order valence-corrected chi connectivity index (χ1v) is 7.61. The van der Waals surface area contributed by atoms with Gasteiger partial charge in [-0.05, 0) is 35.0 Å². The predicted octanol–water partition coefficient (Wildman–Crippen LogP) is 6.27. The van der Waals surface area contributed by atoms with E-state index in [2.05, 4.69) is 21.2 Å². The van der Waals surface area contributed by atoms with Crippen molar-refractivity contribution in [3.63, 3.8) is 0 Å². The van der Waals surface area contributed by atoms with Crippen LogP contribution in [0.4, 0.5) is 14.5 Å². The molecule has 0 saturated heterocycles. The van der Waals surface area contributed by atoms with Gasteiger partial charge in [-0.1, -0.05) is 23.2 Å². The molecule has 2 aromatic rings. The quantitative estimate of drug-likeness (QED) is 0.613. The van der Waals surface area contributed by atoms with Crippen molar-refractivity contribution >= 4 is 56.2 Å². The summed E-state index contributed by atoms with van der Waals surface area (Å²) in [6.07, 6.45) is 0. The van der Waals surface area contributed by atoms with Gasteiger partial charge in [0.25, 0.3) is 0 Å². The summed E-state index contributed by atoms with van der Waals surface area (Å²) in [7, 11) is 0. The molecule has 1 unspecified atom stereocenters. The third-order valence-electron chi connectivity index (χ3n) is 2.53. The van der Waals surface area contributed by atoms with Gasteiger partial charge in [0.15, 0.2) is 0 Å². The zero-order chi connectivity index (χ0) is 14.2. The Morgan fingerprint density at radius 2 is 1.89 bits per heavy atom. The summed E-state index contributed by atoms with van der Waals surface area (Å²) in [6, 6.07) is 3.59. The summed E-state index contributed by atoms with van der Waals surface area (Å²) < 4.78 is 28.3. The highest BCUT2D eigenvalue weighted by Gasteiger charge is 2.16. The molecule has 1 nitrogen and oxygen atoms in total. The van der Waals surface area contributed by atoms with E-state index < -0.39 is 11.6 Å². The number of anilines is 1. The first-order chi connectivity index (χ1) is 8.88. The number of halogens is 5. The molecule has 2 rings (SSSR count). The molecule has 7 heteroatoms. The number of thiophene rings is 1. The Morgan fingerprint density at radius 1 is 1.21 bits per heavy atom. The van der Waals surface area contributed by atoms with E-state index in [1.165, 1.54) is 11.3 Å². The molecule has 1 atom stereocenters. The summed E-state index contributed by atoms with van der Waals surface area (Å²) in [5, 5.41) is 2.88. The molecule has 1 aromatic carbocycles. The SMILES string of the molecule is CC(Nc1cc(F)c(Br)cc1F)c1cc(Cl)sc1Cl. The van der Waals surface area contributed by atoms with Gasteiger partial charge in [0.1, 0.15) is 11.6 Å². The Balaban J connectivity index is 2.26. The summed E-state index contributed by atoms with van der Waals surface area (Å²) in [4.78, 5) is 0. The summed E-state index contributed by atoms with van der Waals surface area (Å²) >= 11 is 16.0. The second kappa shape index (κ2) is 5.95. The maximum atomic E-state index is 13.7. The van der Waals surface area contributed by atoms with Crippen molar-refractivity contribution in [1.82, 2.24) is 0 Å². The molecule has 0 fully saturated rings. The fourth-order valence-electron chi connectivity index (χ4n) is 1.59. The first-order valence-electron chi connectivity index (χ1n) is 5.24. The van der Waals surface area contributed by atoms with E-state index in [0.29, 0.717) is 8.67 Å². The summed E-state index contributed by atoms with van der Waals surface area (Å²) in [5.41, 5.74) is 0.825. The molecule has 1 N–H and O–H groups in total. The second-order valence-electron chi connectivity index (χ2n) is 3.89. The van der Waals surface area contributed by atoms with Crippen LogP contribution in [-0.2, 0) is 0 Å². The smallest absolute Gasteiger partial charge is 0.147 e. The van der Waals surface area contributed by atoms with Crippen LogP contribution < -0.4 is 5.32 Å². The predicted molar refractivity (Wildman–Crippen MR) is 80.4 cm³/mol. The monoisotopic (exact) mass is 385 g/mol. The third-order valence-corrected chi connectivity index (χ3v) is 4.66. The Kier molecular flexibility index (Phi) is 4.71. The molecule has 0 radical (unpaired) electrons. The molecular weight excluding hydrogens is 379 g/mol. The van der Waals surface area contributed by atoms with Crippen molar-refractivity contribution in [1.29, 1.82) is 0 Å². The Labute approximate surface area is 131 Å².